The maximum atomic E-state index is 12.5. The average molecular weight is 443 g/mol. The second kappa shape index (κ2) is 6.09. The first kappa shape index (κ1) is 14.6. The fourth-order valence-electron chi connectivity index (χ4n) is 2.13. The zero-order valence-corrected chi connectivity index (χ0v) is 14.5. The highest BCUT2D eigenvalue weighted by Gasteiger charge is 2.28. The van der Waals surface area contributed by atoms with E-state index in [2.05, 4.69) is 45.4 Å². The number of carbonyl (C=O) groups is 1. The second-order valence-electron chi connectivity index (χ2n) is 4.66. The van der Waals surface area contributed by atoms with Crippen molar-refractivity contribution in [1.82, 2.24) is 4.90 Å². The van der Waals surface area contributed by atoms with E-state index in [0.717, 1.165) is 23.1 Å². The lowest BCUT2D eigenvalue weighted by Crippen LogP contribution is -2.43. The Morgan fingerprint density at radius 2 is 2.28 bits per heavy atom. The Morgan fingerprint density at radius 1 is 1.56 bits per heavy atom. The summed E-state index contributed by atoms with van der Waals surface area (Å²) in [5, 5.41) is 0.613. The molecule has 0 bridgehead atoms. The van der Waals surface area contributed by atoms with Crippen LogP contribution in [-0.2, 0) is 0 Å². The normalized spacial score (nSPS) is 24.1. The van der Waals surface area contributed by atoms with Crippen molar-refractivity contribution in [2.75, 3.05) is 13.1 Å². The van der Waals surface area contributed by atoms with Crippen molar-refractivity contribution in [2.45, 2.75) is 18.2 Å². The summed E-state index contributed by atoms with van der Waals surface area (Å²) in [5.74, 6) is 0.577. The number of hydrogen-bond donors (Lipinski definition) is 0. The Kier molecular flexibility index (Phi) is 4.94. The lowest BCUT2D eigenvalue weighted by molar-refractivity contribution is 0.0689. The SMILES string of the molecule is CC1CN(C(=O)c2cc(Cl)ccc2I)CCC1Br. The summed E-state index contributed by atoms with van der Waals surface area (Å²) in [4.78, 5) is 14.9. The Bertz CT molecular complexity index is 468. The van der Waals surface area contributed by atoms with E-state index in [-0.39, 0.29) is 5.91 Å². The fraction of sp³-hybridized carbons (Fsp3) is 0.462. The van der Waals surface area contributed by atoms with E-state index in [9.17, 15) is 4.79 Å². The third-order valence-electron chi connectivity index (χ3n) is 3.25. The van der Waals surface area contributed by atoms with Gasteiger partial charge >= 0.3 is 0 Å². The number of benzene rings is 1. The molecule has 2 nitrogen and oxygen atoms in total. The molecule has 1 aromatic rings. The number of carbonyl (C=O) groups excluding carboxylic acids is 1. The van der Waals surface area contributed by atoms with Crippen LogP contribution in [0.2, 0.25) is 5.02 Å². The molecule has 98 valence electrons. The van der Waals surface area contributed by atoms with Crippen molar-refractivity contribution in [3.05, 3.63) is 32.4 Å². The molecule has 2 unspecified atom stereocenters. The van der Waals surface area contributed by atoms with Gasteiger partial charge in [-0.05, 0) is 53.1 Å². The van der Waals surface area contributed by atoms with Gasteiger partial charge in [-0.25, -0.2) is 0 Å². The second-order valence-corrected chi connectivity index (χ2v) is 7.43. The van der Waals surface area contributed by atoms with Crippen molar-refractivity contribution in [2.24, 2.45) is 5.92 Å². The van der Waals surface area contributed by atoms with Crippen LogP contribution in [0.3, 0.4) is 0 Å². The van der Waals surface area contributed by atoms with Crippen LogP contribution in [0.4, 0.5) is 0 Å². The third kappa shape index (κ3) is 3.20. The Morgan fingerprint density at radius 3 is 2.94 bits per heavy atom. The van der Waals surface area contributed by atoms with Crippen molar-refractivity contribution in [3.63, 3.8) is 0 Å². The van der Waals surface area contributed by atoms with Gasteiger partial charge in [-0.1, -0.05) is 34.5 Å². The van der Waals surface area contributed by atoms with Crippen LogP contribution in [0.5, 0.6) is 0 Å². The number of rotatable bonds is 1. The number of likely N-dealkylation sites (tertiary alicyclic amines) is 1. The average Bonchev–Trinajstić information content (AvgIpc) is 2.35. The topological polar surface area (TPSA) is 20.3 Å². The lowest BCUT2D eigenvalue weighted by atomic mass is 9.99. The molecule has 5 heteroatoms. The quantitative estimate of drug-likeness (QED) is 0.472. The Hall–Kier alpha value is 0.190. The number of halogens is 3. The van der Waals surface area contributed by atoms with Gasteiger partial charge in [-0.15, -0.1) is 0 Å². The monoisotopic (exact) mass is 441 g/mol. The molecule has 1 heterocycles. The van der Waals surface area contributed by atoms with Gasteiger partial charge in [-0.3, -0.25) is 4.79 Å². The first-order valence-corrected chi connectivity index (χ1v) is 8.24. The standard InChI is InChI=1S/C13H14BrClINO/c1-8-7-17(5-4-11(8)14)13(18)10-6-9(15)2-3-12(10)16/h2-3,6,8,11H,4-5,7H2,1H3. The molecule has 2 rings (SSSR count). The van der Waals surface area contributed by atoms with Crippen LogP contribution in [0.25, 0.3) is 0 Å². The van der Waals surface area contributed by atoms with E-state index in [1.807, 2.05) is 17.0 Å². The van der Waals surface area contributed by atoms with Crippen LogP contribution in [0.15, 0.2) is 18.2 Å². The minimum Gasteiger partial charge on any atom is -0.338 e. The largest absolute Gasteiger partial charge is 0.338 e. The summed E-state index contributed by atoms with van der Waals surface area (Å²) in [6.45, 7) is 3.78. The number of hydrogen-bond acceptors (Lipinski definition) is 1. The molecule has 1 amide bonds. The number of piperidine rings is 1. The van der Waals surface area contributed by atoms with Gasteiger partial charge in [0.05, 0.1) is 5.56 Å². The highest BCUT2D eigenvalue weighted by atomic mass is 127. The van der Waals surface area contributed by atoms with Crippen molar-refractivity contribution >= 4 is 56.0 Å². The van der Waals surface area contributed by atoms with Gasteiger partial charge < -0.3 is 4.90 Å². The summed E-state index contributed by atoms with van der Waals surface area (Å²) in [6, 6.07) is 5.46. The van der Waals surface area contributed by atoms with Crippen LogP contribution < -0.4 is 0 Å². The van der Waals surface area contributed by atoms with E-state index in [1.54, 1.807) is 6.07 Å². The molecule has 1 aliphatic heterocycles. The van der Waals surface area contributed by atoms with E-state index >= 15 is 0 Å². The van der Waals surface area contributed by atoms with Gasteiger partial charge in [-0.2, -0.15) is 0 Å². The predicted octanol–water partition coefficient (Wildman–Crippen LogP) is 4.19. The number of amides is 1. The van der Waals surface area contributed by atoms with Crippen molar-refractivity contribution in [3.8, 4) is 0 Å². The third-order valence-corrected chi connectivity index (χ3v) is 5.78. The van der Waals surface area contributed by atoms with Crippen molar-refractivity contribution < 1.29 is 4.79 Å². The van der Waals surface area contributed by atoms with Crippen LogP contribution in [0, 0.1) is 9.49 Å². The van der Waals surface area contributed by atoms with E-state index < -0.39 is 0 Å². The minimum absolute atomic E-state index is 0.0909. The number of alkyl halides is 1. The maximum Gasteiger partial charge on any atom is 0.254 e. The highest BCUT2D eigenvalue weighted by Crippen LogP contribution is 2.26. The van der Waals surface area contributed by atoms with Gasteiger partial charge in [0.15, 0.2) is 0 Å². The molecule has 1 saturated heterocycles. The van der Waals surface area contributed by atoms with Gasteiger partial charge in [0.1, 0.15) is 0 Å². The van der Waals surface area contributed by atoms with Gasteiger partial charge in [0.25, 0.3) is 5.91 Å². The maximum absolute atomic E-state index is 12.5. The summed E-state index contributed by atoms with van der Waals surface area (Å²) >= 11 is 11.8. The summed E-state index contributed by atoms with van der Waals surface area (Å²) in [5.41, 5.74) is 0.711. The molecule has 1 fully saturated rings. The zero-order chi connectivity index (χ0) is 13.3. The molecule has 18 heavy (non-hydrogen) atoms. The predicted molar refractivity (Wildman–Crippen MR) is 86.6 cm³/mol. The highest BCUT2D eigenvalue weighted by molar-refractivity contribution is 14.1. The first-order valence-electron chi connectivity index (χ1n) is 5.87. The summed E-state index contributed by atoms with van der Waals surface area (Å²) < 4.78 is 0.954. The van der Waals surface area contributed by atoms with Crippen molar-refractivity contribution in [1.29, 1.82) is 0 Å². The van der Waals surface area contributed by atoms with Gasteiger partial charge in [0.2, 0.25) is 0 Å². The van der Waals surface area contributed by atoms with E-state index in [0.29, 0.717) is 21.3 Å². The van der Waals surface area contributed by atoms with E-state index in [1.165, 1.54) is 0 Å². The number of nitrogens with zero attached hydrogens (tertiary/aromatic N) is 1. The zero-order valence-electron chi connectivity index (χ0n) is 10.00. The summed E-state index contributed by atoms with van der Waals surface area (Å²) in [7, 11) is 0. The molecule has 0 aromatic heterocycles. The molecule has 2 atom stereocenters. The first-order chi connectivity index (χ1) is 8.49. The molecular weight excluding hydrogens is 428 g/mol. The molecular formula is C13H14BrClINO. The van der Waals surface area contributed by atoms with Crippen LogP contribution in [-0.4, -0.2) is 28.7 Å². The molecule has 0 N–H and O–H groups in total. The molecule has 0 aliphatic carbocycles. The fourth-order valence-corrected chi connectivity index (χ4v) is 3.24. The molecule has 1 aromatic carbocycles. The minimum atomic E-state index is 0.0909. The Balaban J connectivity index is 2.19. The molecule has 0 saturated carbocycles. The molecule has 0 radical (unpaired) electrons. The summed E-state index contributed by atoms with van der Waals surface area (Å²) in [6.07, 6.45) is 1.00. The molecule has 1 aliphatic rings. The lowest BCUT2D eigenvalue weighted by Gasteiger charge is -2.34. The smallest absolute Gasteiger partial charge is 0.254 e. The Labute approximate surface area is 134 Å². The molecule has 0 spiro atoms. The van der Waals surface area contributed by atoms with Crippen LogP contribution >= 0.6 is 50.1 Å². The van der Waals surface area contributed by atoms with Gasteiger partial charge in [0, 0.05) is 26.5 Å². The van der Waals surface area contributed by atoms with Crippen LogP contribution in [0.1, 0.15) is 23.7 Å². The van der Waals surface area contributed by atoms with E-state index in [4.69, 9.17) is 11.6 Å².